The Bertz CT molecular complexity index is 366. The largest absolute Gasteiger partial charge is 0.502 e. The monoisotopic (exact) mass is 251 g/mol. The molecular formula is C14H21NO3. The van der Waals surface area contributed by atoms with E-state index >= 15 is 0 Å². The molecule has 1 aromatic carbocycles. The third kappa shape index (κ3) is 4.30. The summed E-state index contributed by atoms with van der Waals surface area (Å²) < 4.78 is 15.7. The average Bonchev–Trinajstić information content (AvgIpc) is 2.42. The van der Waals surface area contributed by atoms with E-state index in [1.165, 1.54) is 6.26 Å². The number of ether oxygens (including phenoxy) is 3. The van der Waals surface area contributed by atoms with Gasteiger partial charge in [-0.25, -0.2) is 0 Å². The van der Waals surface area contributed by atoms with Gasteiger partial charge in [-0.05, 0) is 19.0 Å². The van der Waals surface area contributed by atoms with Crippen LogP contribution in [-0.4, -0.2) is 27.4 Å². The predicted molar refractivity (Wildman–Crippen MR) is 72.0 cm³/mol. The molecule has 4 heteroatoms. The summed E-state index contributed by atoms with van der Waals surface area (Å²) in [6, 6.07) is 5.87. The maximum atomic E-state index is 5.36. The molecule has 0 unspecified atom stereocenters. The van der Waals surface area contributed by atoms with Gasteiger partial charge in [0.2, 0.25) is 0 Å². The Balaban J connectivity index is 2.44. The summed E-state index contributed by atoms with van der Waals surface area (Å²) in [4.78, 5) is 0. The summed E-state index contributed by atoms with van der Waals surface area (Å²) in [5.41, 5.74) is 1.08. The molecule has 1 N–H and O–H groups in total. The van der Waals surface area contributed by atoms with Gasteiger partial charge in [0.25, 0.3) is 0 Å². The first-order valence-electron chi connectivity index (χ1n) is 5.96. The zero-order valence-electron chi connectivity index (χ0n) is 11.1. The molecule has 1 aromatic rings. The number of hydrogen-bond acceptors (Lipinski definition) is 4. The number of methoxy groups -OCH3 is 2. The Hall–Kier alpha value is -1.68. The van der Waals surface area contributed by atoms with Crippen molar-refractivity contribution >= 4 is 0 Å². The normalized spacial score (nSPS) is 9.89. The quantitative estimate of drug-likeness (QED) is 0.540. The zero-order chi connectivity index (χ0) is 13.2. The first-order valence-corrected chi connectivity index (χ1v) is 5.96. The average molecular weight is 251 g/mol. The molecule has 18 heavy (non-hydrogen) atoms. The fraction of sp³-hybridized carbons (Fsp3) is 0.429. The van der Waals surface area contributed by atoms with Crippen LogP contribution < -0.4 is 14.8 Å². The van der Waals surface area contributed by atoms with Crippen LogP contribution in [0.3, 0.4) is 0 Å². The molecule has 0 spiro atoms. The summed E-state index contributed by atoms with van der Waals surface area (Å²) in [6.07, 6.45) is 2.41. The van der Waals surface area contributed by atoms with Crippen LogP contribution in [0, 0.1) is 0 Å². The van der Waals surface area contributed by atoms with Crippen molar-refractivity contribution in [3.05, 3.63) is 36.6 Å². The van der Waals surface area contributed by atoms with Crippen LogP contribution in [0.1, 0.15) is 12.0 Å². The molecule has 0 saturated carbocycles. The summed E-state index contributed by atoms with van der Waals surface area (Å²) in [6.45, 7) is 5.81. The highest BCUT2D eigenvalue weighted by Crippen LogP contribution is 2.30. The number of nitrogens with one attached hydrogen (secondary N) is 1. The van der Waals surface area contributed by atoms with Crippen molar-refractivity contribution < 1.29 is 14.2 Å². The van der Waals surface area contributed by atoms with Crippen molar-refractivity contribution in [3.63, 3.8) is 0 Å². The van der Waals surface area contributed by atoms with Gasteiger partial charge in [-0.1, -0.05) is 18.7 Å². The van der Waals surface area contributed by atoms with E-state index in [1.54, 1.807) is 14.2 Å². The van der Waals surface area contributed by atoms with Crippen LogP contribution in [0.15, 0.2) is 31.0 Å². The van der Waals surface area contributed by atoms with E-state index in [1.807, 2.05) is 18.2 Å². The van der Waals surface area contributed by atoms with E-state index in [9.17, 15) is 0 Å². The van der Waals surface area contributed by atoms with Crippen LogP contribution in [-0.2, 0) is 11.3 Å². The maximum Gasteiger partial charge on any atom is 0.165 e. The standard InChI is InChI=1S/C14H21NO3/c1-4-18-10-6-9-15-11-12-7-5-8-13(16-2)14(12)17-3/h4-5,7-8,15H,1,6,9-11H2,2-3H3. The van der Waals surface area contributed by atoms with Crippen molar-refractivity contribution in [3.8, 4) is 11.5 Å². The number of para-hydroxylation sites is 1. The van der Waals surface area contributed by atoms with E-state index in [4.69, 9.17) is 14.2 Å². The minimum atomic E-state index is 0.686. The Morgan fingerprint density at radius 1 is 1.28 bits per heavy atom. The molecule has 0 aromatic heterocycles. The Labute approximate surface area is 109 Å². The first kappa shape index (κ1) is 14.4. The highest BCUT2D eigenvalue weighted by molar-refractivity contribution is 5.46. The van der Waals surface area contributed by atoms with Crippen molar-refractivity contribution in [2.24, 2.45) is 0 Å². The highest BCUT2D eigenvalue weighted by atomic mass is 16.5. The van der Waals surface area contributed by atoms with Gasteiger partial charge in [-0.15, -0.1) is 0 Å². The van der Waals surface area contributed by atoms with Gasteiger partial charge in [0.15, 0.2) is 11.5 Å². The Morgan fingerprint density at radius 3 is 2.78 bits per heavy atom. The van der Waals surface area contributed by atoms with Gasteiger partial charge in [-0.3, -0.25) is 0 Å². The zero-order valence-corrected chi connectivity index (χ0v) is 11.1. The molecule has 0 saturated heterocycles. The van der Waals surface area contributed by atoms with E-state index in [0.29, 0.717) is 6.61 Å². The molecule has 0 bridgehead atoms. The summed E-state index contributed by atoms with van der Waals surface area (Å²) in [5.74, 6) is 1.54. The van der Waals surface area contributed by atoms with Gasteiger partial charge >= 0.3 is 0 Å². The molecule has 0 amide bonds. The van der Waals surface area contributed by atoms with Crippen LogP contribution in [0.25, 0.3) is 0 Å². The van der Waals surface area contributed by atoms with Crippen molar-refractivity contribution in [1.29, 1.82) is 0 Å². The Kier molecular flexibility index (Phi) is 6.72. The molecular weight excluding hydrogens is 230 g/mol. The van der Waals surface area contributed by atoms with Gasteiger partial charge in [0.1, 0.15) is 0 Å². The second kappa shape index (κ2) is 8.42. The van der Waals surface area contributed by atoms with Crippen molar-refractivity contribution in [2.75, 3.05) is 27.4 Å². The number of benzene rings is 1. The summed E-state index contributed by atoms with van der Waals surface area (Å²) in [5, 5.41) is 3.34. The maximum absolute atomic E-state index is 5.36. The molecule has 0 atom stereocenters. The lowest BCUT2D eigenvalue weighted by molar-refractivity contribution is 0.244. The summed E-state index contributed by atoms with van der Waals surface area (Å²) in [7, 11) is 3.29. The number of rotatable bonds is 9. The summed E-state index contributed by atoms with van der Waals surface area (Å²) >= 11 is 0. The molecule has 100 valence electrons. The van der Waals surface area contributed by atoms with Crippen molar-refractivity contribution in [2.45, 2.75) is 13.0 Å². The molecule has 1 rings (SSSR count). The van der Waals surface area contributed by atoms with E-state index in [-0.39, 0.29) is 0 Å². The minimum Gasteiger partial charge on any atom is -0.502 e. The second-order valence-electron chi connectivity index (χ2n) is 3.72. The lowest BCUT2D eigenvalue weighted by Gasteiger charge is -2.13. The highest BCUT2D eigenvalue weighted by Gasteiger charge is 2.08. The molecule has 0 fully saturated rings. The van der Waals surface area contributed by atoms with E-state index in [2.05, 4.69) is 11.9 Å². The topological polar surface area (TPSA) is 39.7 Å². The first-order chi connectivity index (χ1) is 8.83. The van der Waals surface area contributed by atoms with Crippen molar-refractivity contribution in [1.82, 2.24) is 5.32 Å². The smallest absolute Gasteiger partial charge is 0.165 e. The van der Waals surface area contributed by atoms with Gasteiger partial charge < -0.3 is 19.5 Å². The lowest BCUT2D eigenvalue weighted by atomic mass is 10.2. The molecule has 4 nitrogen and oxygen atoms in total. The third-order valence-corrected chi connectivity index (χ3v) is 2.53. The molecule has 0 heterocycles. The Morgan fingerprint density at radius 2 is 2.11 bits per heavy atom. The van der Waals surface area contributed by atoms with Gasteiger partial charge in [0.05, 0.1) is 27.1 Å². The lowest BCUT2D eigenvalue weighted by Crippen LogP contribution is -2.16. The minimum absolute atomic E-state index is 0.686. The van der Waals surface area contributed by atoms with Gasteiger partial charge in [0, 0.05) is 12.1 Å². The van der Waals surface area contributed by atoms with Crippen LogP contribution >= 0.6 is 0 Å². The molecule has 0 aliphatic rings. The van der Waals surface area contributed by atoms with E-state index in [0.717, 1.165) is 36.6 Å². The molecule has 0 aliphatic carbocycles. The molecule has 0 aliphatic heterocycles. The van der Waals surface area contributed by atoms with Crippen LogP contribution in [0.2, 0.25) is 0 Å². The predicted octanol–water partition coefficient (Wildman–Crippen LogP) is 2.34. The van der Waals surface area contributed by atoms with Crippen LogP contribution in [0.5, 0.6) is 11.5 Å². The van der Waals surface area contributed by atoms with Crippen LogP contribution in [0.4, 0.5) is 0 Å². The fourth-order valence-corrected chi connectivity index (χ4v) is 1.68. The SMILES string of the molecule is C=COCCCNCc1cccc(OC)c1OC. The van der Waals surface area contributed by atoms with Gasteiger partial charge in [-0.2, -0.15) is 0 Å². The fourth-order valence-electron chi connectivity index (χ4n) is 1.68. The number of hydrogen-bond donors (Lipinski definition) is 1. The molecule has 0 radical (unpaired) electrons. The van der Waals surface area contributed by atoms with E-state index < -0.39 is 0 Å². The second-order valence-corrected chi connectivity index (χ2v) is 3.72. The third-order valence-electron chi connectivity index (χ3n) is 2.53.